The van der Waals surface area contributed by atoms with Crippen molar-refractivity contribution in [1.29, 1.82) is 0 Å². The van der Waals surface area contributed by atoms with E-state index in [0.717, 1.165) is 11.1 Å². The summed E-state index contributed by atoms with van der Waals surface area (Å²) in [5.41, 5.74) is 7.55. The van der Waals surface area contributed by atoms with Gasteiger partial charge >= 0.3 is 0 Å². The molecule has 0 aliphatic heterocycles. The lowest BCUT2D eigenvalue weighted by Gasteiger charge is -2.23. The Morgan fingerprint density at radius 2 is 1.71 bits per heavy atom. The molecule has 2 aromatic rings. The van der Waals surface area contributed by atoms with Crippen LogP contribution in [-0.4, -0.2) is 30.9 Å². The molecule has 5 heteroatoms. The molecule has 0 saturated heterocycles. The maximum atomic E-state index is 10.5. The Morgan fingerprint density at radius 1 is 1.05 bits per heavy atom. The smallest absolute Gasteiger partial charge is 0.160 e. The van der Waals surface area contributed by atoms with Gasteiger partial charge in [-0.1, -0.05) is 6.07 Å². The predicted molar refractivity (Wildman–Crippen MR) is 80.5 cm³/mol. The first-order valence-corrected chi connectivity index (χ1v) is 6.71. The highest BCUT2D eigenvalue weighted by Crippen LogP contribution is 2.35. The first-order valence-electron chi connectivity index (χ1n) is 6.71. The predicted octanol–water partition coefficient (Wildman–Crippen LogP) is 1.87. The Kier molecular flexibility index (Phi) is 5.14. The zero-order valence-electron chi connectivity index (χ0n) is 12.2. The highest BCUT2D eigenvalue weighted by Gasteiger charge is 2.22. The van der Waals surface area contributed by atoms with Crippen molar-refractivity contribution in [1.82, 2.24) is 4.98 Å². The number of benzene rings is 1. The van der Waals surface area contributed by atoms with E-state index in [1.165, 1.54) is 0 Å². The molecule has 0 aliphatic carbocycles. The van der Waals surface area contributed by atoms with Crippen LogP contribution in [0.25, 0.3) is 0 Å². The molecule has 1 heterocycles. The van der Waals surface area contributed by atoms with Gasteiger partial charge in [0.15, 0.2) is 11.5 Å². The number of nitrogens with zero attached hydrogens (tertiary/aromatic N) is 1. The average Bonchev–Trinajstić information content (AvgIpc) is 2.56. The number of aliphatic hydroxyl groups is 1. The van der Waals surface area contributed by atoms with Crippen molar-refractivity contribution in [3.8, 4) is 11.5 Å². The van der Waals surface area contributed by atoms with E-state index in [-0.39, 0.29) is 5.92 Å². The molecule has 0 spiro atoms. The largest absolute Gasteiger partial charge is 0.493 e. The number of methoxy groups -OCH3 is 2. The maximum absolute atomic E-state index is 10.5. The van der Waals surface area contributed by atoms with Gasteiger partial charge in [0.05, 0.1) is 20.3 Å². The van der Waals surface area contributed by atoms with E-state index >= 15 is 0 Å². The second-order valence-electron chi connectivity index (χ2n) is 4.68. The van der Waals surface area contributed by atoms with Crippen molar-refractivity contribution in [3.05, 3.63) is 53.9 Å². The van der Waals surface area contributed by atoms with E-state index in [2.05, 4.69) is 4.98 Å². The second kappa shape index (κ2) is 7.06. The number of aromatic nitrogens is 1. The molecule has 0 fully saturated rings. The SMILES string of the molecule is COc1ccc(C(CN)C(O)c2ccncc2)cc1OC. The third-order valence-electron chi connectivity index (χ3n) is 3.52. The van der Waals surface area contributed by atoms with E-state index in [4.69, 9.17) is 15.2 Å². The van der Waals surface area contributed by atoms with Crippen molar-refractivity contribution in [2.24, 2.45) is 5.73 Å². The molecule has 2 rings (SSSR count). The monoisotopic (exact) mass is 288 g/mol. The van der Waals surface area contributed by atoms with Crippen LogP contribution >= 0.6 is 0 Å². The van der Waals surface area contributed by atoms with Gasteiger partial charge in [-0.15, -0.1) is 0 Å². The molecule has 112 valence electrons. The number of aliphatic hydroxyl groups excluding tert-OH is 1. The van der Waals surface area contributed by atoms with Crippen molar-refractivity contribution in [3.63, 3.8) is 0 Å². The van der Waals surface area contributed by atoms with Crippen molar-refractivity contribution in [2.45, 2.75) is 12.0 Å². The summed E-state index contributed by atoms with van der Waals surface area (Å²) >= 11 is 0. The summed E-state index contributed by atoms with van der Waals surface area (Å²) in [6.07, 6.45) is 2.61. The van der Waals surface area contributed by atoms with Crippen LogP contribution in [0.2, 0.25) is 0 Å². The molecule has 21 heavy (non-hydrogen) atoms. The van der Waals surface area contributed by atoms with Crippen LogP contribution in [-0.2, 0) is 0 Å². The zero-order valence-corrected chi connectivity index (χ0v) is 12.2. The van der Waals surface area contributed by atoms with Crippen LogP contribution in [0.1, 0.15) is 23.1 Å². The Bertz CT molecular complexity index is 575. The lowest BCUT2D eigenvalue weighted by molar-refractivity contribution is 0.147. The standard InChI is InChI=1S/C16H20N2O3/c1-20-14-4-3-12(9-15(14)21-2)13(10-17)16(19)11-5-7-18-8-6-11/h3-9,13,16,19H,10,17H2,1-2H3. The minimum atomic E-state index is -0.698. The summed E-state index contributed by atoms with van der Waals surface area (Å²) in [5, 5.41) is 10.5. The van der Waals surface area contributed by atoms with Crippen molar-refractivity contribution in [2.75, 3.05) is 20.8 Å². The molecule has 1 aromatic heterocycles. The molecule has 0 bridgehead atoms. The Morgan fingerprint density at radius 3 is 2.29 bits per heavy atom. The van der Waals surface area contributed by atoms with Gasteiger partial charge in [0.2, 0.25) is 0 Å². The first-order chi connectivity index (χ1) is 10.2. The number of ether oxygens (including phenoxy) is 2. The molecular weight excluding hydrogens is 268 g/mol. The summed E-state index contributed by atoms with van der Waals surface area (Å²) in [6.45, 7) is 0.318. The summed E-state index contributed by atoms with van der Waals surface area (Å²) in [6, 6.07) is 9.13. The van der Waals surface area contributed by atoms with E-state index in [0.29, 0.717) is 18.0 Å². The molecule has 0 aliphatic rings. The molecule has 2 atom stereocenters. The number of nitrogens with two attached hydrogens (primary N) is 1. The molecular formula is C16H20N2O3. The normalized spacial score (nSPS) is 13.5. The minimum absolute atomic E-state index is 0.229. The van der Waals surface area contributed by atoms with E-state index in [9.17, 15) is 5.11 Å². The lowest BCUT2D eigenvalue weighted by Crippen LogP contribution is -2.20. The Balaban J connectivity index is 2.33. The number of hydrogen-bond donors (Lipinski definition) is 2. The topological polar surface area (TPSA) is 77.6 Å². The van der Waals surface area contributed by atoms with Crippen LogP contribution in [0.3, 0.4) is 0 Å². The van der Waals surface area contributed by atoms with Gasteiger partial charge in [-0.3, -0.25) is 4.98 Å². The van der Waals surface area contributed by atoms with Gasteiger partial charge in [0.1, 0.15) is 0 Å². The van der Waals surface area contributed by atoms with E-state index in [1.807, 2.05) is 18.2 Å². The van der Waals surface area contributed by atoms with Gasteiger partial charge in [-0.2, -0.15) is 0 Å². The van der Waals surface area contributed by atoms with Gasteiger partial charge in [0.25, 0.3) is 0 Å². The number of rotatable bonds is 6. The van der Waals surface area contributed by atoms with Crippen LogP contribution in [0.5, 0.6) is 11.5 Å². The minimum Gasteiger partial charge on any atom is -0.493 e. The average molecular weight is 288 g/mol. The van der Waals surface area contributed by atoms with Crippen LogP contribution in [0.4, 0.5) is 0 Å². The van der Waals surface area contributed by atoms with E-state index in [1.54, 1.807) is 38.7 Å². The van der Waals surface area contributed by atoms with Gasteiger partial charge in [-0.05, 0) is 35.4 Å². The highest BCUT2D eigenvalue weighted by atomic mass is 16.5. The molecule has 0 saturated carbocycles. The molecule has 2 unspecified atom stereocenters. The number of hydrogen-bond acceptors (Lipinski definition) is 5. The number of pyridine rings is 1. The summed E-state index contributed by atoms with van der Waals surface area (Å²) < 4.78 is 10.5. The lowest BCUT2D eigenvalue weighted by atomic mass is 9.89. The zero-order chi connectivity index (χ0) is 15.2. The second-order valence-corrected chi connectivity index (χ2v) is 4.68. The Hall–Kier alpha value is -2.11. The molecule has 0 amide bonds. The van der Waals surface area contributed by atoms with Gasteiger partial charge in [-0.25, -0.2) is 0 Å². The summed E-state index contributed by atoms with van der Waals surface area (Å²) in [4.78, 5) is 3.96. The third-order valence-corrected chi connectivity index (χ3v) is 3.52. The summed E-state index contributed by atoms with van der Waals surface area (Å²) in [5.74, 6) is 1.04. The van der Waals surface area contributed by atoms with Gasteiger partial charge < -0.3 is 20.3 Å². The van der Waals surface area contributed by atoms with Gasteiger partial charge in [0, 0.05) is 24.9 Å². The van der Waals surface area contributed by atoms with Crippen molar-refractivity contribution < 1.29 is 14.6 Å². The maximum Gasteiger partial charge on any atom is 0.160 e. The Labute approximate surface area is 124 Å². The van der Waals surface area contributed by atoms with Crippen molar-refractivity contribution >= 4 is 0 Å². The summed E-state index contributed by atoms with van der Waals surface area (Å²) in [7, 11) is 3.17. The van der Waals surface area contributed by atoms with Crippen LogP contribution < -0.4 is 15.2 Å². The fourth-order valence-electron chi connectivity index (χ4n) is 2.32. The fourth-order valence-corrected chi connectivity index (χ4v) is 2.32. The van der Waals surface area contributed by atoms with E-state index < -0.39 is 6.10 Å². The first kappa shape index (κ1) is 15.3. The highest BCUT2D eigenvalue weighted by molar-refractivity contribution is 5.44. The fraction of sp³-hybridized carbons (Fsp3) is 0.312. The quantitative estimate of drug-likeness (QED) is 0.848. The van der Waals surface area contributed by atoms with Crippen LogP contribution in [0, 0.1) is 0 Å². The molecule has 1 aromatic carbocycles. The third kappa shape index (κ3) is 3.32. The molecule has 3 N–H and O–H groups in total. The van der Waals surface area contributed by atoms with Crippen LogP contribution in [0.15, 0.2) is 42.7 Å². The molecule has 0 radical (unpaired) electrons. The molecule has 5 nitrogen and oxygen atoms in total.